The number of rotatable bonds is 3. The minimum absolute atomic E-state index is 0.392. The van der Waals surface area contributed by atoms with Crippen molar-refractivity contribution >= 4 is 22.5 Å². The summed E-state index contributed by atoms with van der Waals surface area (Å²) in [5.41, 5.74) is 9.02. The Morgan fingerprint density at radius 1 is 1.40 bits per heavy atom. The van der Waals surface area contributed by atoms with Gasteiger partial charge < -0.3 is 15.5 Å². The van der Waals surface area contributed by atoms with Crippen LogP contribution in [0.25, 0.3) is 11.1 Å². The molecule has 0 radical (unpaired) electrons. The van der Waals surface area contributed by atoms with Gasteiger partial charge in [0.15, 0.2) is 5.58 Å². The van der Waals surface area contributed by atoms with E-state index in [1.54, 1.807) is 12.5 Å². The molecule has 1 saturated carbocycles. The van der Waals surface area contributed by atoms with Gasteiger partial charge in [0.1, 0.15) is 11.2 Å². The van der Waals surface area contributed by atoms with Crippen LogP contribution < -0.4 is 11.1 Å². The molecule has 0 bridgehead atoms. The molecule has 0 aliphatic heterocycles. The van der Waals surface area contributed by atoms with E-state index in [0.29, 0.717) is 24.1 Å². The summed E-state index contributed by atoms with van der Waals surface area (Å²) in [6.07, 6.45) is 8.29. The van der Waals surface area contributed by atoms with E-state index in [0.717, 1.165) is 42.5 Å². The number of hydrogen-bond acceptors (Lipinski definition) is 5. The third-order valence-corrected chi connectivity index (χ3v) is 4.08. The first-order valence-electron chi connectivity index (χ1n) is 7.03. The normalized spacial score (nSPS) is 22.6. The predicted octanol–water partition coefficient (Wildman–Crippen LogP) is 3.29. The number of nitrogens with two attached hydrogens (primary N) is 1. The molecule has 0 unspecified atom stereocenters. The van der Waals surface area contributed by atoms with Crippen molar-refractivity contribution in [2.45, 2.75) is 38.1 Å². The zero-order chi connectivity index (χ0) is 13.9. The van der Waals surface area contributed by atoms with Crippen molar-refractivity contribution in [2.75, 3.05) is 11.1 Å². The van der Waals surface area contributed by atoms with Gasteiger partial charge in [0.2, 0.25) is 0 Å². The van der Waals surface area contributed by atoms with Crippen molar-refractivity contribution in [3.8, 4) is 6.07 Å². The second kappa shape index (κ2) is 5.41. The summed E-state index contributed by atoms with van der Waals surface area (Å²) in [4.78, 5) is 4.24. The van der Waals surface area contributed by atoms with Crippen LogP contribution in [0.1, 0.15) is 32.1 Å². The lowest BCUT2D eigenvalue weighted by atomic mass is 9.84. The Bertz CT molecular complexity index is 635. The summed E-state index contributed by atoms with van der Waals surface area (Å²) < 4.78 is 5.48. The number of aromatic nitrogens is 1. The summed E-state index contributed by atoms with van der Waals surface area (Å²) in [5, 5.41) is 12.2. The first-order chi connectivity index (χ1) is 9.78. The highest BCUT2D eigenvalue weighted by molar-refractivity contribution is 5.92. The van der Waals surface area contributed by atoms with E-state index in [1.165, 1.54) is 0 Å². The van der Waals surface area contributed by atoms with E-state index in [4.69, 9.17) is 15.4 Å². The zero-order valence-electron chi connectivity index (χ0n) is 11.3. The lowest BCUT2D eigenvalue weighted by molar-refractivity contribution is 0.343. The highest BCUT2D eigenvalue weighted by Crippen LogP contribution is 2.33. The lowest BCUT2D eigenvalue weighted by Gasteiger charge is -2.28. The number of furan rings is 1. The second-order valence-corrected chi connectivity index (χ2v) is 5.45. The molecule has 3 rings (SSSR count). The van der Waals surface area contributed by atoms with Crippen molar-refractivity contribution in [1.29, 1.82) is 5.26 Å². The zero-order valence-corrected chi connectivity index (χ0v) is 11.3. The van der Waals surface area contributed by atoms with Crippen molar-refractivity contribution in [3.05, 3.63) is 18.5 Å². The van der Waals surface area contributed by atoms with Gasteiger partial charge in [-0.05, 0) is 31.6 Å². The van der Waals surface area contributed by atoms with Crippen LogP contribution >= 0.6 is 0 Å². The summed E-state index contributed by atoms with van der Waals surface area (Å²) in [6, 6.07) is 4.50. The fourth-order valence-corrected chi connectivity index (χ4v) is 2.92. The Morgan fingerprint density at radius 2 is 2.20 bits per heavy atom. The third-order valence-electron chi connectivity index (χ3n) is 4.08. The number of pyridine rings is 1. The van der Waals surface area contributed by atoms with Crippen LogP contribution in [0.4, 0.5) is 11.4 Å². The van der Waals surface area contributed by atoms with Crippen LogP contribution in [0.3, 0.4) is 0 Å². The van der Waals surface area contributed by atoms with Crippen molar-refractivity contribution in [2.24, 2.45) is 5.92 Å². The van der Waals surface area contributed by atoms with Gasteiger partial charge in [-0.2, -0.15) is 5.26 Å². The molecule has 104 valence electrons. The largest absolute Gasteiger partial charge is 0.460 e. The third kappa shape index (κ3) is 2.42. The Morgan fingerprint density at radius 3 is 2.95 bits per heavy atom. The Kier molecular flexibility index (Phi) is 3.46. The number of nitrogens with one attached hydrogen (secondary N) is 1. The van der Waals surface area contributed by atoms with Crippen LogP contribution in [0.15, 0.2) is 22.9 Å². The molecular formula is C15H18N4O. The van der Waals surface area contributed by atoms with Gasteiger partial charge in [-0.15, -0.1) is 0 Å². The Labute approximate surface area is 117 Å². The smallest absolute Gasteiger partial charge is 0.177 e. The Hall–Kier alpha value is -2.22. The number of nitrogens with zero attached hydrogens (tertiary/aromatic N) is 2. The summed E-state index contributed by atoms with van der Waals surface area (Å²) in [6.45, 7) is 0. The van der Waals surface area contributed by atoms with Crippen LogP contribution in [-0.4, -0.2) is 11.0 Å². The van der Waals surface area contributed by atoms with Gasteiger partial charge in [0.05, 0.1) is 24.2 Å². The van der Waals surface area contributed by atoms with Crippen molar-refractivity contribution in [3.63, 3.8) is 0 Å². The standard InChI is InChI=1S/C15H18N4O/c16-7-5-10-1-3-11(4-2-10)19-14-12(17)9-18-13-6-8-20-15(13)14/h6,8-11H,1-5,17H2,(H,18,19)/t10-,11-. The first kappa shape index (κ1) is 12.8. The molecule has 0 aromatic carbocycles. The first-order valence-corrected chi connectivity index (χ1v) is 7.03. The maximum absolute atomic E-state index is 8.75. The van der Waals surface area contributed by atoms with E-state index in [1.807, 2.05) is 6.07 Å². The fraction of sp³-hybridized carbons (Fsp3) is 0.467. The molecule has 5 heteroatoms. The Balaban J connectivity index is 1.73. The van der Waals surface area contributed by atoms with Gasteiger partial charge in [0, 0.05) is 18.5 Å². The number of anilines is 2. The molecule has 0 spiro atoms. The number of fused-ring (bicyclic) bond motifs is 1. The van der Waals surface area contributed by atoms with E-state index in [-0.39, 0.29) is 0 Å². The van der Waals surface area contributed by atoms with Gasteiger partial charge in [0.25, 0.3) is 0 Å². The SMILES string of the molecule is N#CC[C@H]1CC[C@H](Nc2c(N)cnc3ccoc23)CC1. The molecule has 3 N–H and O–H groups in total. The molecule has 5 nitrogen and oxygen atoms in total. The summed E-state index contributed by atoms with van der Waals surface area (Å²) >= 11 is 0. The molecule has 0 amide bonds. The molecule has 0 saturated heterocycles. The maximum Gasteiger partial charge on any atom is 0.177 e. The molecule has 2 aromatic rings. The van der Waals surface area contributed by atoms with Crippen LogP contribution in [0.5, 0.6) is 0 Å². The molecule has 2 heterocycles. The molecule has 1 aliphatic rings. The lowest BCUT2D eigenvalue weighted by Crippen LogP contribution is -2.26. The topological polar surface area (TPSA) is 87.9 Å². The van der Waals surface area contributed by atoms with E-state index < -0.39 is 0 Å². The van der Waals surface area contributed by atoms with Gasteiger partial charge in [-0.1, -0.05) is 0 Å². The summed E-state index contributed by atoms with van der Waals surface area (Å²) in [5.74, 6) is 0.552. The van der Waals surface area contributed by atoms with Crippen molar-refractivity contribution in [1.82, 2.24) is 4.98 Å². The molecule has 2 aromatic heterocycles. The van der Waals surface area contributed by atoms with Crippen LogP contribution in [-0.2, 0) is 0 Å². The molecule has 1 aliphatic carbocycles. The highest BCUT2D eigenvalue weighted by Gasteiger charge is 2.22. The minimum atomic E-state index is 0.392. The maximum atomic E-state index is 8.75. The van der Waals surface area contributed by atoms with Gasteiger partial charge >= 0.3 is 0 Å². The number of nitrogen functional groups attached to an aromatic ring is 1. The van der Waals surface area contributed by atoms with Crippen LogP contribution in [0.2, 0.25) is 0 Å². The quantitative estimate of drug-likeness (QED) is 0.893. The predicted molar refractivity (Wildman–Crippen MR) is 78.0 cm³/mol. The number of hydrogen-bond donors (Lipinski definition) is 2. The summed E-state index contributed by atoms with van der Waals surface area (Å²) in [7, 11) is 0. The highest BCUT2D eigenvalue weighted by atomic mass is 16.3. The monoisotopic (exact) mass is 270 g/mol. The van der Waals surface area contributed by atoms with Gasteiger partial charge in [-0.3, -0.25) is 4.98 Å². The molecular weight excluding hydrogens is 252 g/mol. The van der Waals surface area contributed by atoms with E-state index in [2.05, 4.69) is 16.4 Å². The van der Waals surface area contributed by atoms with Gasteiger partial charge in [-0.25, -0.2) is 0 Å². The van der Waals surface area contributed by atoms with E-state index in [9.17, 15) is 0 Å². The average Bonchev–Trinajstić information content (AvgIpc) is 2.93. The second-order valence-electron chi connectivity index (χ2n) is 5.45. The number of nitriles is 1. The van der Waals surface area contributed by atoms with Crippen molar-refractivity contribution < 1.29 is 4.42 Å². The van der Waals surface area contributed by atoms with E-state index >= 15 is 0 Å². The van der Waals surface area contributed by atoms with Crippen LogP contribution in [0, 0.1) is 17.2 Å². The fourth-order valence-electron chi connectivity index (χ4n) is 2.92. The average molecular weight is 270 g/mol. The minimum Gasteiger partial charge on any atom is -0.460 e. The molecule has 20 heavy (non-hydrogen) atoms. The molecule has 1 fully saturated rings. The molecule has 0 atom stereocenters.